The molecule has 0 N–H and O–H groups in total. The first-order valence-electron chi connectivity index (χ1n) is 8.21. The fourth-order valence-electron chi connectivity index (χ4n) is 4.38. The highest BCUT2D eigenvalue weighted by molar-refractivity contribution is 5.79. The van der Waals surface area contributed by atoms with Gasteiger partial charge in [-0.2, -0.15) is 0 Å². The highest BCUT2D eigenvalue weighted by Gasteiger charge is 2.36. The first-order valence-corrected chi connectivity index (χ1v) is 8.21. The molecule has 1 saturated heterocycles. The Hall–Kier alpha value is -0.570. The standard InChI is InChI=1S/C16H28N2O/c1-17-8-10-18(11-9-17)16(19)15-7-6-13-4-2-3-5-14(13)12-15/h13-15H,2-12H2,1H3. The van der Waals surface area contributed by atoms with E-state index >= 15 is 0 Å². The zero-order chi connectivity index (χ0) is 13.2. The fourth-order valence-corrected chi connectivity index (χ4v) is 4.38. The maximum absolute atomic E-state index is 12.6. The van der Waals surface area contributed by atoms with Crippen LogP contribution in [0.2, 0.25) is 0 Å². The van der Waals surface area contributed by atoms with Crippen molar-refractivity contribution in [2.75, 3.05) is 33.2 Å². The van der Waals surface area contributed by atoms with E-state index in [0.717, 1.165) is 44.4 Å². The van der Waals surface area contributed by atoms with Gasteiger partial charge in [-0.25, -0.2) is 0 Å². The van der Waals surface area contributed by atoms with Gasteiger partial charge in [0.1, 0.15) is 0 Å². The number of nitrogens with zero attached hydrogens (tertiary/aromatic N) is 2. The lowest BCUT2D eigenvalue weighted by atomic mass is 9.67. The molecule has 3 unspecified atom stereocenters. The summed E-state index contributed by atoms with van der Waals surface area (Å²) in [5.41, 5.74) is 0. The number of hydrogen-bond acceptors (Lipinski definition) is 2. The molecule has 3 heteroatoms. The lowest BCUT2D eigenvalue weighted by Crippen LogP contribution is -2.50. The number of rotatable bonds is 1. The SMILES string of the molecule is CN1CCN(C(=O)C2CCC3CCCCC3C2)CC1. The van der Waals surface area contributed by atoms with E-state index in [-0.39, 0.29) is 0 Å². The summed E-state index contributed by atoms with van der Waals surface area (Å²) in [6.45, 7) is 3.98. The molecule has 3 nitrogen and oxygen atoms in total. The average Bonchev–Trinajstić information content (AvgIpc) is 2.47. The summed E-state index contributed by atoms with van der Waals surface area (Å²) >= 11 is 0. The van der Waals surface area contributed by atoms with Crippen LogP contribution in [0.1, 0.15) is 44.9 Å². The van der Waals surface area contributed by atoms with Gasteiger partial charge in [-0.1, -0.05) is 25.7 Å². The molecule has 0 aromatic rings. The Labute approximate surface area is 117 Å². The molecule has 3 fully saturated rings. The predicted molar refractivity (Wildman–Crippen MR) is 76.9 cm³/mol. The van der Waals surface area contributed by atoms with Gasteiger partial charge in [0.25, 0.3) is 0 Å². The third-order valence-corrected chi connectivity index (χ3v) is 5.70. The van der Waals surface area contributed by atoms with Crippen molar-refractivity contribution in [1.29, 1.82) is 0 Å². The van der Waals surface area contributed by atoms with E-state index in [9.17, 15) is 4.79 Å². The Morgan fingerprint density at radius 1 is 0.895 bits per heavy atom. The quantitative estimate of drug-likeness (QED) is 0.726. The van der Waals surface area contributed by atoms with Gasteiger partial charge >= 0.3 is 0 Å². The van der Waals surface area contributed by atoms with Gasteiger partial charge in [-0.15, -0.1) is 0 Å². The van der Waals surface area contributed by atoms with Crippen molar-refractivity contribution >= 4 is 5.91 Å². The molecule has 2 saturated carbocycles. The van der Waals surface area contributed by atoms with E-state index in [1.54, 1.807) is 0 Å². The van der Waals surface area contributed by atoms with Crippen molar-refractivity contribution < 1.29 is 4.79 Å². The Morgan fingerprint density at radius 3 is 2.32 bits per heavy atom. The largest absolute Gasteiger partial charge is 0.340 e. The molecule has 108 valence electrons. The van der Waals surface area contributed by atoms with Crippen LogP contribution in [0.4, 0.5) is 0 Å². The highest BCUT2D eigenvalue weighted by Crippen LogP contribution is 2.43. The van der Waals surface area contributed by atoms with E-state index in [2.05, 4.69) is 16.8 Å². The Balaban J connectivity index is 1.55. The fraction of sp³-hybridized carbons (Fsp3) is 0.938. The van der Waals surface area contributed by atoms with Gasteiger partial charge in [-0.05, 0) is 38.1 Å². The summed E-state index contributed by atoms with van der Waals surface area (Å²) in [5, 5.41) is 0. The second-order valence-corrected chi connectivity index (χ2v) is 6.94. The topological polar surface area (TPSA) is 23.6 Å². The number of amides is 1. The highest BCUT2D eigenvalue weighted by atomic mass is 16.2. The average molecular weight is 264 g/mol. The molecule has 1 aliphatic heterocycles. The normalized spacial score (nSPS) is 36.9. The summed E-state index contributed by atoms with van der Waals surface area (Å²) < 4.78 is 0. The maximum Gasteiger partial charge on any atom is 0.225 e. The minimum Gasteiger partial charge on any atom is -0.340 e. The van der Waals surface area contributed by atoms with Gasteiger partial charge in [0.2, 0.25) is 5.91 Å². The van der Waals surface area contributed by atoms with Crippen LogP contribution in [0.15, 0.2) is 0 Å². The molecule has 3 atom stereocenters. The molecule has 1 amide bonds. The molecular formula is C16H28N2O. The van der Waals surface area contributed by atoms with Crippen LogP contribution in [-0.4, -0.2) is 48.9 Å². The number of fused-ring (bicyclic) bond motifs is 1. The van der Waals surface area contributed by atoms with Crippen molar-refractivity contribution in [2.45, 2.75) is 44.9 Å². The number of carbonyl (C=O) groups is 1. The Morgan fingerprint density at radius 2 is 1.58 bits per heavy atom. The molecule has 0 bridgehead atoms. The van der Waals surface area contributed by atoms with Crippen molar-refractivity contribution in [2.24, 2.45) is 17.8 Å². The summed E-state index contributed by atoms with van der Waals surface area (Å²) in [7, 11) is 2.15. The third kappa shape index (κ3) is 2.96. The molecule has 0 aromatic heterocycles. The molecule has 2 aliphatic carbocycles. The maximum atomic E-state index is 12.6. The predicted octanol–water partition coefficient (Wildman–Crippen LogP) is 2.37. The van der Waals surface area contributed by atoms with Crippen LogP contribution >= 0.6 is 0 Å². The van der Waals surface area contributed by atoms with Gasteiger partial charge < -0.3 is 9.80 Å². The molecule has 3 aliphatic rings. The molecule has 0 radical (unpaired) electrons. The van der Waals surface area contributed by atoms with Crippen LogP contribution in [0.25, 0.3) is 0 Å². The smallest absolute Gasteiger partial charge is 0.225 e. The molecule has 0 spiro atoms. The molecule has 0 aromatic carbocycles. The monoisotopic (exact) mass is 264 g/mol. The van der Waals surface area contributed by atoms with Crippen LogP contribution in [0.5, 0.6) is 0 Å². The van der Waals surface area contributed by atoms with Crippen LogP contribution < -0.4 is 0 Å². The van der Waals surface area contributed by atoms with Crippen molar-refractivity contribution in [3.8, 4) is 0 Å². The lowest BCUT2D eigenvalue weighted by molar-refractivity contribution is -0.139. The number of piperazine rings is 1. The number of carbonyl (C=O) groups excluding carboxylic acids is 1. The summed E-state index contributed by atoms with van der Waals surface area (Å²) in [5.74, 6) is 2.63. The Kier molecular flexibility index (Phi) is 4.11. The minimum absolute atomic E-state index is 0.350. The molecule has 3 rings (SSSR count). The van der Waals surface area contributed by atoms with Gasteiger partial charge in [0.05, 0.1) is 0 Å². The molecule has 1 heterocycles. The third-order valence-electron chi connectivity index (χ3n) is 5.70. The zero-order valence-corrected chi connectivity index (χ0v) is 12.3. The van der Waals surface area contributed by atoms with E-state index in [4.69, 9.17) is 0 Å². The van der Waals surface area contributed by atoms with E-state index in [0.29, 0.717) is 11.8 Å². The van der Waals surface area contributed by atoms with Gasteiger partial charge in [0.15, 0.2) is 0 Å². The van der Waals surface area contributed by atoms with Gasteiger partial charge in [-0.3, -0.25) is 4.79 Å². The second-order valence-electron chi connectivity index (χ2n) is 6.94. The van der Waals surface area contributed by atoms with E-state index in [1.807, 2.05) is 0 Å². The number of hydrogen-bond donors (Lipinski definition) is 0. The molecular weight excluding hydrogens is 236 g/mol. The van der Waals surface area contributed by atoms with Crippen LogP contribution in [-0.2, 0) is 4.79 Å². The first-order chi connectivity index (χ1) is 9.24. The van der Waals surface area contributed by atoms with E-state index < -0.39 is 0 Å². The second kappa shape index (κ2) is 5.82. The first kappa shape index (κ1) is 13.4. The van der Waals surface area contributed by atoms with Crippen LogP contribution in [0, 0.1) is 17.8 Å². The zero-order valence-electron chi connectivity index (χ0n) is 12.3. The van der Waals surface area contributed by atoms with Crippen molar-refractivity contribution in [3.05, 3.63) is 0 Å². The summed E-state index contributed by atoms with van der Waals surface area (Å²) in [6, 6.07) is 0. The van der Waals surface area contributed by atoms with Crippen molar-refractivity contribution in [3.63, 3.8) is 0 Å². The molecule has 19 heavy (non-hydrogen) atoms. The number of likely N-dealkylation sites (N-methyl/N-ethyl adjacent to an activating group) is 1. The minimum atomic E-state index is 0.350. The van der Waals surface area contributed by atoms with E-state index in [1.165, 1.54) is 38.5 Å². The van der Waals surface area contributed by atoms with Crippen LogP contribution in [0.3, 0.4) is 0 Å². The van der Waals surface area contributed by atoms with Crippen molar-refractivity contribution in [1.82, 2.24) is 9.80 Å². The summed E-state index contributed by atoms with van der Waals surface area (Å²) in [6.07, 6.45) is 9.31. The Bertz CT molecular complexity index is 323. The van der Waals surface area contributed by atoms with Gasteiger partial charge in [0, 0.05) is 32.1 Å². The lowest BCUT2D eigenvalue weighted by Gasteiger charge is -2.41. The summed E-state index contributed by atoms with van der Waals surface area (Å²) in [4.78, 5) is 17.1.